The lowest BCUT2D eigenvalue weighted by atomic mass is 9.99. The van der Waals surface area contributed by atoms with Crippen LogP contribution in [0, 0.1) is 12.7 Å². The Hall–Kier alpha value is -5.49. The Kier molecular flexibility index (Phi) is 9.43. The molecule has 13 heteroatoms. The first-order chi connectivity index (χ1) is 22.3. The third kappa shape index (κ3) is 8.22. The highest BCUT2D eigenvalue weighted by Crippen LogP contribution is 2.28. The van der Waals surface area contributed by atoms with Gasteiger partial charge >= 0.3 is 12.1 Å². The molecule has 3 N–H and O–H groups in total. The minimum Gasteiger partial charge on any atom is -0.480 e. The van der Waals surface area contributed by atoms with Crippen molar-refractivity contribution in [3.8, 4) is 34.2 Å². The van der Waals surface area contributed by atoms with Crippen molar-refractivity contribution in [2.45, 2.75) is 45.8 Å². The van der Waals surface area contributed by atoms with Gasteiger partial charge in [-0.3, -0.25) is 10.1 Å². The van der Waals surface area contributed by atoms with Crippen molar-refractivity contribution in [2.75, 3.05) is 5.32 Å². The fourth-order valence-corrected chi connectivity index (χ4v) is 4.79. The number of aromatic nitrogens is 2. The van der Waals surface area contributed by atoms with Crippen LogP contribution < -0.4 is 10.6 Å². The van der Waals surface area contributed by atoms with Crippen LogP contribution in [-0.2, 0) is 16.0 Å². The van der Waals surface area contributed by atoms with E-state index < -0.39 is 35.4 Å². The van der Waals surface area contributed by atoms with Crippen molar-refractivity contribution in [3.63, 3.8) is 0 Å². The zero-order valence-corrected chi connectivity index (χ0v) is 26.5. The van der Waals surface area contributed by atoms with Crippen molar-refractivity contribution < 1.29 is 37.6 Å². The van der Waals surface area contributed by atoms with Gasteiger partial charge in [-0.1, -0.05) is 35.0 Å². The molecule has 0 fully saturated rings. The highest BCUT2D eigenvalue weighted by molar-refractivity contribution is 6.30. The molecule has 1 atom stereocenters. The summed E-state index contributed by atoms with van der Waals surface area (Å²) in [5, 5.41) is 19.3. The van der Waals surface area contributed by atoms with Crippen LogP contribution in [0.1, 0.15) is 42.5 Å². The van der Waals surface area contributed by atoms with E-state index in [2.05, 4.69) is 20.8 Å². The molecule has 5 aromatic rings. The number of benzene rings is 3. The minimum atomic E-state index is -1.28. The maximum Gasteiger partial charge on any atom is 0.412 e. The van der Waals surface area contributed by atoms with Gasteiger partial charge in [0.1, 0.15) is 23.2 Å². The largest absolute Gasteiger partial charge is 0.480 e. The molecule has 3 aromatic carbocycles. The lowest BCUT2D eigenvalue weighted by Gasteiger charge is -2.19. The standard InChI is InChI=1S/C34H30ClFN4O7/c1-18-15-19(16-26(32(42)43)38-30(41)28-14-13-27(45-28)24-12-8-21(35)17-25(24)36)5-11-23(18)29-39-31(47-40-29)20-6-9-22(10-7-20)37-33(44)46-34(2,3)4/h5-15,17,26H,16H2,1-4H3,(H,37,44)(H,38,41)(H,42,43). The summed E-state index contributed by atoms with van der Waals surface area (Å²) in [5.74, 6) is -2.12. The van der Waals surface area contributed by atoms with E-state index in [4.69, 9.17) is 25.3 Å². The van der Waals surface area contributed by atoms with Gasteiger partial charge in [-0.15, -0.1) is 0 Å². The molecule has 2 heterocycles. The van der Waals surface area contributed by atoms with Gasteiger partial charge in [0.2, 0.25) is 5.82 Å². The molecule has 0 spiro atoms. The van der Waals surface area contributed by atoms with E-state index in [-0.39, 0.29) is 34.4 Å². The van der Waals surface area contributed by atoms with Gasteiger partial charge in [-0.2, -0.15) is 4.98 Å². The molecular weight excluding hydrogens is 631 g/mol. The minimum absolute atomic E-state index is 0.0251. The van der Waals surface area contributed by atoms with E-state index in [0.29, 0.717) is 28.2 Å². The number of carboxylic acid groups (broad SMARTS) is 1. The van der Waals surface area contributed by atoms with Crippen LogP contribution in [0.5, 0.6) is 0 Å². The number of nitrogens with one attached hydrogen (secondary N) is 2. The predicted octanol–water partition coefficient (Wildman–Crippen LogP) is 7.54. The SMILES string of the molecule is Cc1cc(CC(NC(=O)c2ccc(-c3ccc(Cl)cc3F)o2)C(=O)O)ccc1-c1noc(-c2ccc(NC(=O)OC(C)(C)C)cc2)n1. The first-order valence-corrected chi connectivity index (χ1v) is 14.8. The molecule has 11 nitrogen and oxygen atoms in total. The number of furan rings is 1. The number of amides is 2. The van der Waals surface area contributed by atoms with E-state index in [1.54, 1.807) is 63.2 Å². The fourth-order valence-electron chi connectivity index (χ4n) is 4.63. The summed E-state index contributed by atoms with van der Waals surface area (Å²) in [5.41, 5.74) is 2.71. The number of nitrogens with zero attached hydrogens (tertiary/aromatic N) is 2. The Morgan fingerprint density at radius 3 is 2.38 bits per heavy atom. The summed E-state index contributed by atoms with van der Waals surface area (Å²) in [6.45, 7) is 7.15. The summed E-state index contributed by atoms with van der Waals surface area (Å²) in [4.78, 5) is 41.4. The van der Waals surface area contributed by atoms with Crippen LogP contribution in [0.3, 0.4) is 0 Å². The third-order valence-electron chi connectivity index (χ3n) is 6.80. The van der Waals surface area contributed by atoms with Gasteiger partial charge in [-0.05, 0) is 93.4 Å². The van der Waals surface area contributed by atoms with Gasteiger partial charge in [0.05, 0.1) is 5.56 Å². The number of hydrogen-bond donors (Lipinski definition) is 3. The van der Waals surface area contributed by atoms with Gasteiger partial charge < -0.3 is 24.1 Å². The van der Waals surface area contributed by atoms with Crippen LogP contribution >= 0.6 is 11.6 Å². The average molecular weight is 661 g/mol. The number of hydrogen-bond acceptors (Lipinski definition) is 8. The molecule has 0 aliphatic carbocycles. The number of rotatable bonds is 9. The smallest absolute Gasteiger partial charge is 0.412 e. The van der Waals surface area contributed by atoms with Gasteiger partial charge in [0, 0.05) is 28.3 Å². The maximum atomic E-state index is 14.3. The predicted molar refractivity (Wildman–Crippen MR) is 171 cm³/mol. The van der Waals surface area contributed by atoms with Crippen molar-refractivity contribution in [3.05, 3.63) is 101 Å². The topological polar surface area (TPSA) is 157 Å². The third-order valence-corrected chi connectivity index (χ3v) is 7.04. The zero-order chi connectivity index (χ0) is 33.9. The molecule has 5 rings (SSSR count). The second-order valence-electron chi connectivity index (χ2n) is 11.6. The number of carbonyl (C=O) groups is 3. The summed E-state index contributed by atoms with van der Waals surface area (Å²) >= 11 is 5.80. The molecule has 2 amide bonds. The Labute approximate surface area is 273 Å². The summed E-state index contributed by atoms with van der Waals surface area (Å²) < 4.78 is 30.5. The lowest BCUT2D eigenvalue weighted by Crippen LogP contribution is -2.42. The number of aliphatic carboxylic acids is 1. The van der Waals surface area contributed by atoms with Gasteiger partial charge in [-0.25, -0.2) is 14.0 Å². The highest BCUT2D eigenvalue weighted by Gasteiger charge is 2.24. The van der Waals surface area contributed by atoms with E-state index in [9.17, 15) is 23.9 Å². The number of anilines is 1. The number of carbonyl (C=O) groups excluding carboxylic acids is 2. The molecule has 242 valence electrons. The second kappa shape index (κ2) is 13.5. The molecular formula is C34H30ClFN4O7. The Balaban J connectivity index is 1.24. The van der Waals surface area contributed by atoms with E-state index in [1.807, 2.05) is 6.92 Å². The average Bonchev–Trinajstić information content (AvgIpc) is 3.67. The maximum absolute atomic E-state index is 14.3. The number of halogens is 2. The molecule has 0 bridgehead atoms. The molecule has 0 saturated carbocycles. The first-order valence-electron chi connectivity index (χ1n) is 14.4. The molecule has 1 unspecified atom stereocenters. The summed E-state index contributed by atoms with van der Waals surface area (Å²) in [6.07, 6.45) is -0.594. The van der Waals surface area contributed by atoms with E-state index in [0.717, 1.165) is 11.6 Å². The monoisotopic (exact) mass is 660 g/mol. The summed E-state index contributed by atoms with van der Waals surface area (Å²) in [7, 11) is 0. The Morgan fingerprint density at radius 2 is 1.72 bits per heavy atom. The van der Waals surface area contributed by atoms with Crippen LogP contribution in [0.15, 0.2) is 81.7 Å². The number of carboxylic acids is 1. The van der Waals surface area contributed by atoms with Crippen LogP contribution in [0.25, 0.3) is 34.2 Å². The normalized spacial score (nSPS) is 12.0. The van der Waals surface area contributed by atoms with Crippen LogP contribution in [-0.4, -0.2) is 44.9 Å². The Morgan fingerprint density at radius 1 is 1.00 bits per heavy atom. The molecule has 0 saturated heterocycles. The second-order valence-corrected chi connectivity index (χ2v) is 12.1. The van der Waals surface area contributed by atoms with E-state index >= 15 is 0 Å². The number of aryl methyl sites for hydroxylation is 1. The number of ether oxygens (including phenoxy) is 1. The van der Waals surface area contributed by atoms with Gasteiger partial charge in [0.15, 0.2) is 5.76 Å². The zero-order valence-electron chi connectivity index (χ0n) is 25.8. The van der Waals surface area contributed by atoms with Crippen molar-refractivity contribution in [1.82, 2.24) is 15.5 Å². The lowest BCUT2D eigenvalue weighted by molar-refractivity contribution is -0.139. The molecule has 0 aliphatic heterocycles. The van der Waals surface area contributed by atoms with Crippen molar-refractivity contribution in [1.29, 1.82) is 0 Å². The van der Waals surface area contributed by atoms with Crippen LogP contribution in [0.2, 0.25) is 5.02 Å². The van der Waals surface area contributed by atoms with Crippen molar-refractivity contribution >= 4 is 35.3 Å². The van der Waals surface area contributed by atoms with E-state index in [1.165, 1.54) is 24.3 Å². The molecule has 0 radical (unpaired) electrons. The molecule has 0 aliphatic rings. The first kappa shape index (κ1) is 32.9. The van der Waals surface area contributed by atoms with Gasteiger partial charge in [0.25, 0.3) is 11.8 Å². The highest BCUT2D eigenvalue weighted by atomic mass is 35.5. The van der Waals surface area contributed by atoms with Crippen molar-refractivity contribution in [2.24, 2.45) is 0 Å². The van der Waals surface area contributed by atoms with Crippen LogP contribution in [0.4, 0.5) is 14.9 Å². The fraction of sp³-hybridized carbons (Fsp3) is 0.206. The summed E-state index contributed by atoms with van der Waals surface area (Å²) in [6, 6.07) is 17.6. The molecule has 2 aromatic heterocycles. The Bertz CT molecular complexity index is 1950. The quantitative estimate of drug-likeness (QED) is 0.145. The molecule has 47 heavy (non-hydrogen) atoms.